The van der Waals surface area contributed by atoms with Gasteiger partial charge in [-0.05, 0) is 62.0 Å². The van der Waals surface area contributed by atoms with Gasteiger partial charge in [-0.1, -0.05) is 6.07 Å². The summed E-state index contributed by atoms with van der Waals surface area (Å²) in [7, 11) is 0. The van der Waals surface area contributed by atoms with Crippen LogP contribution in [-0.2, 0) is 4.79 Å². The van der Waals surface area contributed by atoms with Gasteiger partial charge in [0.05, 0.1) is 17.7 Å². The van der Waals surface area contributed by atoms with E-state index in [0.29, 0.717) is 11.6 Å². The summed E-state index contributed by atoms with van der Waals surface area (Å²) in [4.78, 5) is 16.2. The average Bonchev–Trinajstić information content (AvgIpc) is 3.25. The minimum atomic E-state index is -0.180. The molecule has 1 aromatic heterocycles. The first kappa shape index (κ1) is 15.7. The van der Waals surface area contributed by atoms with Gasteiger partial charge >= 0.3 is 0 Å². The Morgan fingerprint density at radius 1 is 1.39 bits per heavy atom. The van der Waals surface area contributed by atoms with Crippen molar-refractivity contribution in [1.29, 1.82) is 5.26 Å². The van der Waals surface area contributed by atoms with E-state index in [1.807, 2.05) is 6.92 Å². The molecule has 0 saturated carbocycles. The number of carbonyl (C=O) groups is 1. The highest BCUT2D eigenvalue weighted by Crippen LogP contribution is 2.36. The molecule has 1 amide bonds. The lowest BCUT2D eigenvalue weighted by atomic mass is 10.1. The Hall–Kier alpha value is -2.16. The fourth-order valence-corrected chi connectivity index (χ4v) is 3.95. The van der Waals surface area contributed by atoms with E-state index in [4.69, 9.17) is 5.26 Å². The fraction of sp³-hybridized carbons (Fsp3) is 0.333. The van der Waals surface area contributed by atoms with E-state index in [-0.39, 0.29) is 11.9 Å². The van der Waals surface area contributed by atoms with Crippen LogP contribution < -0.4 is 5.32 Å². The summed E-state index contributed by atoms with van der Waals surface area (Å²) < 4.78 is 0. The number of hydrogen-bond acceptors (Lipinski definition) is 4. The molecule has 1 aliphatic heterocycles. The summed E-state index contributed by atoms with van der Waals surface area (Å²) in [6.45, 7) is 2.91. The third-order valence-corrected chi connectivity index (χ3v) is 5.30. The Morgan fingerprint density at radius 2 is 2.17 bits per heavy atom. The number of rotatable bonds is 4. The summed E-state index contributed by atoms with van der Waals surface area (Å²) in [5.41, 5.74) is 1.32. The minimum absolute atomic E-state index is 0.00170. The van der Waals surface area contributed by atoms with Gasteiger partial charge in [0.25, 0.3) is 0 Å². The van der Waals surface area contributed by atoms with Gasteiger partial charge in [0, 0.05) is 16.6 Å². The van der Waals surface area contributed by atoms with Crippen LogP contribution in [0.4, 0.5) is 5.69 Å². The first-order chi connectivity index (χ1) is 11.2. The van der Waals surface area contributed by atoms with E-state index in [1.54, 1.807) is 35.6 Å². The van der Waals surface area contributed by atoms with Crippen molar-refractivity contribution in [3.05, 3.63) is 52.2 Å². The van der Waals surface area contributed by atoms with Crippen molar-refractivity contribution < 1.29 is 4.79 Å². The van der Waals surface area contributed by atoms with Gasteiger partial charge in [0.15, 0.2) is 0 Å². The Kier molecular flexibility index (Phi) is 4.75. The normalized spacial score (nSPS) is 19.2. The van der Waals surface area contributed by atoms with Crippen LogP contribution in [0.25, 0.3) is 0 Å². The molecular formula is C18H19N3OS. The van der Waals surface area contributed by atoms with Crippen molar-refractivity contribution in [2.45, 2.75) is 31.8 Å². The predicted octanol–water partition coefficient (Wildman–Crippen LogP) is 3.78. The quantitative estimate of drug-likeness (QED) is 0.930. The molecule has 4 nitrogen and oxygen atoms in total. The number of likely N-dealkylation sites (tertiary alicyclic amines) is 1. The van der Waals surface area contributed by atoms with Gasteiger partial charge in [-0.25, -0.2) is 0 Å². The lowest BCUT2D eigenvalue weighted by Gasteiger charge is -2.29. The molecular weight excluding hydrogens is 306 g/mol. The smallest absolute Gasteiger partial charge is 0.241 e. The lowest BCUT2D eigenvalue weighted by Crippen LogP contribution is -2.41. The van der Waals surface area contributed by atoms with Gasteiger partial charge in [-0.15, -0.1) is 11.3 Å². The van der Waals surface area contributed by atoms with Crippen LogP contribution in [0.3, 0.4) is 0 Å². The first-order valence-electron chi connectivity index (χ1n) is 7.79. The molecule has 23 heavy (non-hydrogen) atoms. The lowest BCUT2D eigenvalue weighted by molar-refractivity contribution is -0.121. The summed E-state index contributed by atoms with van der Waals surface area (Å²) in [5.74, 6) is -0.00170. The van der Waals surface area contributed by atoms with Gasteiger partial charge in [0.1, 0.15) is 0 Å². The van der Waals surface area contributed by atoms with E-state index in [2.05, 4.69) is 33.8 Å². The number of nitrogens with one attached hydrogen (secondary N) is 1. The molecule has 0 aliphatic carbocycles. The van der Waals surface area contributed by atoms with Crippen molar-refractivity contribution in [2.75, 3.05) is 11.9 Å². The molecule has 0 spiro atoms. The molecule has 1 aromatic carbocycles. The second-order valence-corrected chi connectivity index (χ2v) is 6.74. The zero-order chi connectivity index (χ0) is 16.2. The second-order valence-electron chi connectivity index (χ2n) is 5.77. The van der Waals surface area contributed by atoms with Crippen LogP contribution in [0.15, 0.2) is 41.8 Å². The monoisotopic (exact) mass is 325 g/mol. The fourth-order valence-electron chi connectivity index (χ4n) is 3.06. The number of hydrogen-bond donors (Lipinski definition) is 1. The predicted molar refractivity (Wildman–Crippen MR) is 92.2 cm³/mol. The van der Waals surface area contributed by atoms with E-state index in [0.717, 1.165) is 25.1 Å². The molecule has 1 saturated heterocycles. The molecule has 2 atom stereocenters. The maximum Gasteiger partial charge on any atom is 0.241 e. The first-order valence-corrected chi connectivity index (χ1v) is 8.67. The molecule has 0 radical (unpaired) electrons. The molecule has 3 rings (SSSR count). The van der Waals surface area contributed by atoms with E-state index >= 15 is 0 Å². The third-order valence-electron chi connectivity index (χ3n) is 4.32. The van der Waals surface area contributed by atoms with Crippen molar-refractivity contribution in [3.8, 4) is 6.07 Å². The standard InChI is InChI=1S/C18H19N3OS/c1-13(18(22)20-15-8-6-14(12-19)7-9-15)21-10-2-4-16(21)17-5-3-11-23-17/h3,5-9,11,13,16H,2,4,10H2,1H3,(H,20,22)/t13-,16+/m0/s1. The highest BCUT2D eigenvalue weighted by Gasteiger charge is 2.33. The van der Waals surface area contributed by atoms with Crippen molar-refractivity contribution in [1.82, 2.24) is 4.90 Å². The summed E-state index contributed by atoms with van der Waals surface area (Å²) in [6, 6.07) is 13.4. The molecule has 2 heterocycles. The zero-order valence-electron chi connectivity index (χ0n) is 13.0. The Balaban J connectivity index is 1.67. The number of nitriles is 1. The van der Waals surface area contributed by atoms with Gasteiger partial charge in [0.2, 0.25) is 5.91 Å². The Bertz CT molecular complexity index is 703. The van der Waals surface area contributed by atoms with Crippen LogP contribution in [0.1, 0.15) is 36.2 Å². The second kappa shape index (κ2) is 6.95. The summed E-state index contributed by atoms with van der Waals surface area (Å²) in [6.07, 6.45) is 2.23. The van der Waals surface area contributed by atoms with Crippen LogP contribution >= 0.6 is 11.3 Å². The maximum atomic E-state index is 12.6. The van der Waals surface area contributed by atoms with Crippen LogP contribution in [-0.4, -0.2) is 23.4 Å². The van der Waals surface area contributed by atoms with E-state index in [1.165, 1.54) is 4.88 Å². The van der Waals surface area contributed by atoms with E-state index < -0.39 is 0 Å². The molecule has 5 heteroatoms. The number of amides is 1. The molecule has 0 unspecified atom stereocenters. The highest BCUT2D eigenvalue weighted by atomic mass is 32.1. The Morgan fingerprint density at radius 3 is 2.83 bits per heavy atom. The third kappa shape index (κ3) is 3.44. The zero-order valence-corrected chi connectivity index (χ0v) is 13.8. The number of thiophene rings is 1. The largest absolute Gasteiger partial charge is 0.325 e. The van der Waals surface area contributed by atoms with Gasteiger partial charge < -0.3 is 5.32 Å². The summed E-state index contributed by atoms with van der Waals surface area (Å²) >= 11 is 1.76. The molecule has 1 fully saturated rings. The van der Waals surface area contributed by atoms with Crippen molar-refractivity contribution >= 4 is 22.9 Å². The number of nitrogens with zero attached hydrogens (tertiary/aromatic N) is 2. The molecule has 1 N–H and O–H groups in total. The van der Waals surface area contributed by atoms with Crippen molar-refractivity contribution in [3.63, 3.8) is 0 Å². The maximum absolute atomic E-state index is 12.6. The highest BCUT2D eigenvalue weighted by molar-refractivity contribution is 7.10. The SMILES string of the molecule is C[C@@H](C(=O)Nc1ccc(C#N)cc1)N1CCC[C@@H]1c1cccs1. The molecule has 2 aromatic rings. The van der Waals surface area contributed by atoms with Crippen LogP contribution in [0, 0.1) is 11.3 Å². The number of benzene rings is 1. The number of anilines is 1. The molecule has 118 valence electrons. The summed E-state index contributed by atoms with van der Waals surface area (Å²) in [5, 5.41) is 13.9. The van der Waals surface area contributed by atoms with Crippen LogP contribution in [0.5, 0.6) is 0 Å². The molecule has 0 bridgehead atoms. The van der Waals surface area contributed by atoms with Gasteiger partial charge in [-0.2, -0.15) is 5.26 Å². The minimum Gasteiger partial charge on any atom is -0.325 e. The average molecular weight is 325 g/mol. The Labute approximate surface area is 140 Å². The van der Waals surface area contributed by atoms with Gasteiger partial charge in [-0.3, -0.25) is 9.69 Å². The number of carbonyl (C=O) groups excluding carboxylic acids is 1. The molecule has 1 aliphatic rings. The van der Waals surface area contributed by atoms with E-state index in [9.17, 15) is 4.79 Å². The van der Waals surface area contributed by atoms with Crippen molar-refractivity contribution in [2.24, 2.45) is 0 Å². The topological polar surface area (TPSA) is 56.1 Å². The van der Waals surface area contributed by atoms with Crippen LogP contribution in [0.2, 0.25) is 0 Å².